The van der Waals surface area contributed by atoms with E-state index in [-0.39, 0.29) is 47.9 Å². The third-order valence-corrected chi connectivity index (χ3v) is 13.3. The third kappa shape index (κ3) is 7.32. The Morgan fingerprint density at radius 3 is 1.89 bits per heavy atom. The molecule has 9 rings (SSSR count). The number of H-pyrrole nitrogens is 1. The fourth-order valence-electron chi connectivity index (χ4n) is 10.3. The van der Waals surface area contributed by atoms with Gasteiger partial charge in [-0.15, -0.1) is 0 Å². The Hall–Kier alpha value is -5.76. The summed E-state index contributed by atoms with van der Waals surface area (Å²) in [4.78, 5) is 69.1. The van der Waals surface area contributed by atoms with Crippen LogP contribution in [0.1, 0.15) is 107 Å². The molecule has 320 valence electrons. The topological polar surface area (TPSA) is 168 Å². The number of aromatic nitrogens is 2. The Bertz CT molecular complexity index is 2440. The molecule has 5 aliphatic rings. The Morgan fingerprint density at radius 1 is 0.738 bits per heavy atom. The van der Waals surface area contributed by atoms with Gasteiger partial charge in [-0.25, -0.2) is 14.6 Å². The molecule has 0 saturated carbocycles. The van der Waals surface area contributed by atoms with Crippen LogP contribution in [0.4, 0.5) is 15.3 Å². The van der Waals surface area contributed by atoms with Crippen molar-refractivity contribution < 1.29 is 33.4 Å². The highest BCUT2D eigenvalue weighted by Gasteiger charge is 2.43. The molecule has 0 aliphatic carbocycles. The van der Waals surface area contributed by atoms with Gasteiger partial charge in [-0.3, -0.25) is 14.6 Å². The van der Waals surface area contributed by atoms with Crippen LogP contribution in [0, 0.1) is 11.8 Å². The number of fused-ring (bicyclic) bond motifs is 7. The second-order valence-electron chi connectivity index (χ2n) is 17.8. The maximum atomic E-state index is 13.8. The highest BCUT2D eigenvalue weighted by molar-refractivity contribution is 6.01. The summed E-state index contributed by atoms with van der Waals surface area (Å²) in [6, 6.07) is 15.6. The molecule has 14 nitrogen and oxygen atoms in total. The second kappa shape index (κ2) is 16.3. The van der Waals surface area contributed by atoms with Gasteiger partial charge in [-0.05, 0) is 114 Å². The Balaban J connectivity index is 0.965. The van der Waals surface area contributed by atoms with Crippen molar-refractivity contribution in [1.82, 2.24) is 30.4 Å². The quantitative estimate of drug-likeness (QED) is 0.145. The molecule has 0 radical (unpaired) electrons. The average molecular weight is 830 g/mol. The van der Waals surface area contributed by atoms with Crippen LogP contribution in [0.5, 0.6) is 0 Å². The van der Waals surface area contributed by atoms with E-state index in [2.05, 4.69) is 58.1 Å². The molecule has 4 amide bonds. The van der Waals surface area contributed by atoms with E-state index in [9.17, 15) is 19.2 Å². The van der Waals surface area contributed by atoms with Crippen LogP contribution in [0.2, 0.25) is 0 Å². The summed E-state index contributed by atoms with van der Waals surface area (Å²) < 4.78 is 16.2. The van der Waals surface area contributed by atoms with Crippen molar-refractivity contribution in [2.24, 2.45) is 16.8 Å². The maximum absolute atomic E-state index is 13.8. The normalized spacial score (nSPS) is 22.4. The first kappa shape index (κ1) is 40.6. The first-order chi connectivity index (χ1) is 29.4. The number of hydrogen-bond donors (Lipinski definition) is 3. The average Bonchev–Trinajstić information content (AvgIpc) is 4.12. The van der Waals surface area contributed by atoms with Crippen molar-refractivity contribution >= 4 is 46.4 Å². The highest BCUT2D eigenvalue weighted by Crippen LogP contribution is 2.56. The SMILES string of the molecule is COC(=O)N[C@H](C(=O)N1CCCC1c1nc2ccc(-c3ccc(-c4ccc5c(c4)CC([C@@H]4CCCN4C(=O)[C@@H](NC(=O)OC)C(C)C)=N5)c4c3C3CCC4O3)cc2[nH]1)C(C)C. The Kier molecular flexibility index (Phi) is 10.8. The van der Waals surface area contributed by atoms with E-state index in [0.29, 0.717) is 19.5 Å². The third-order valence-electron chi connectivity index (χ3n) is 13.3. The molecule has 3 unspecified atom stereocenters. The number of methoxy groups -OCH3 is 2. The zero-order valence-electron chi connectivity index (χ0n) is 35.7. The predicted octanol–water partition coefficient (Wildman–Crippen LogP) is 7.85. The number of amides is 4. The molecule has 14 heteroatoms. The van der Waals surface area contributed by atoms with Gasteiger partial charge >= 0.3 is 12.2 Å². The monoisotopic (exact) mass is 829 g/mol. The number of ether oxygens (including phenoxy) is 3. The van der Waals surface area contributed by atoms with Gasteiger partial charge in [0.25, 0.3) is 0 Å². The van der Waals surface area contributed by atoms with Crippen LogP contribution in [-0.4, -0.2) is 94.9 Å². The van der Waals surface area contributed by atoms with Crippen LogP contribution in [0.15, 0.2) is 53.5 Å². The molecule has 1 aromatic heterocycles. The smallest absolute Gasteiger partial charge is 0.407 e. The van der Waals surface area contributed by atoms with E-state index in [1.807, 2.05) is 43.6 Å². The molecule has 3 N–H and O–H groups in total. The van der Waals surface area contributed by atoms with E-state index < -0.39 is 24.3 Å². The van der Waals surface area contributed by atoms with Gasteiger partial charge < -0.3 is 39.6 Å². The molecule has 2 bridgehead atoms. The Labute approximate surface area is 355 Å². The number of nitrogens with one attached hydrogen (secondary N) is 3. The number of likely N-dealkylation sites (tertiary alicyclic amines) is 2. The van der Waals surface area contributed by atoms with Crippen molar-refractivity contribution in [1.29, 1.82) is 0 Å². The van der Waals surface area contributed by atoms with Gasteiger partial charge in [-0.1, -0.05) is 52.0 Å². The number of imidazole rings is 1. The summed E-state index contributed by atoms with van der Waals surface area (Å²) in [5, 5.41) is 5.48. The summed E-state index contributed by atoms with van der Waals surface area (Å²) in [5.41, 5.74) is 11.8. The number of hydrogen-bond acceptors (Lipinski definition) is 9. The summed E-state index contributed by atoms with van der Waals surface area (Å²) >= 11 is 0. The van der Waals surface area contributed by atoms with Crippen LogP contribution < -0.4 is 10.6 Å². The Morgan fingerprint density at radius 2 is 1.30 bits per heavy atom. The van der Waals surface area contributed by atoms with E-state index in [1.54, 1.807) is 0 Å². The molecule has 3 fully saturated rings. The van der Waals surface area contributed by atoms with E-state index in [1.165, 1.54) is 30.9 Å². The van der Waals surface area contributed by atoms with Crippen molar-refractivity contribution in [2.75, 3.05) is 27.3 Å². The van der Waals surface area contributed by atoms with Gasteiger partial charge in [0.05, 0.1) is 55.2 Å². The fraction of sp³-hybridized carbons (Fsp3) is 0.489. The lowest BCUT2D eigenvalue weighted by Gasteiger charge is -2.30. The number of aromatic amines is 1. The van der Waals surface area contributed by atoms with Gasteiger partial charge in [-0.2, -0.15) is 0 Å². The summed E-state index contributed by atoms with van der Waals surface area (Å²) in [6.07, 6.45) is 4.78. The van der Waals surface area contributed by atoms with E-state index in [0.717, 1.165) is 89.0 Å². The fourth-order valence-corrected chi connectivity index (χ4v) is 10.3. The van der Waals surface area contributed by atoms with Crippen molar-refractivity contribution in [3.63, 3.8) is 0 Å². The number of benzene rings is 3. The molecule has 0 spiro atoms. The minimum absolute atomic E-state index is 0.0205. The predicted molar refractivity (Wildman–Crippen MR) is 230 cm³/mol. The second-order valence-corrected chi connectivity index (χ2v) is 17.8. The minimum Gasteiger partial charge on any atom is -0.453 e. The minimum atomic E-state index is -0.698. The largest absolute Gasteiger partial charge is 0.453 e. The number of carbonyl (C=O) groups is 4. The maximum Gasteiger partial charge on any atom is 0.407 e. The standard InChI is InChI=1S/C47H55N7O7/c1-24(2)41(51-46(57)59-5)44(55)53-19-7-9-35(53)34-23-28-21-26(11-15-31(28)48-34)29-13-14-30(40-38-18-17-37(61-38)39(29)40)27-12-16-32-33(22-27)50-43(49-32)36-10-8-20-54(36)45(56)42(25(3)4)52-47(58)60-6/h11-16,21-22,24-25,35-38,41-42H,7-10,17-20,23H2,1-6H3,(H,49,50)(H,51,57)(H,52,58)/t35-,36?,37?,38?,41-,42-/m0/s1. The summed E-state index contributed by atoms with van der Waals surface area (Å²) in [6.45, 7) is 8.90. The van der Waals surface area contributed by atoms with Gasteiger partial charge in [0.2, 0.25) is 11.8 Å². The highest BCUT2D eigenvalue weighted by atomic mass is 16.5. The van der Waals surface area contributed by atoms with Crippen molar-refractivity contribution in [2.45, 2.75) is 109 Å². The first-order valence-corrected chi connectivity index (χ1v) is 21.8. The van der Waals surface area contributed by atoms with E-state index in [4.69, 9.17) is 24.2 Å². The number of alkyl carbamates (subject to hydrolysis) is 2. The lowest BCUT2D eigenvalue weighted by Crippen LogP contribution is -2.53. The number of rotatable bonds is 10. The molecule has 4 aromatic rings. The number of aliphatic imine (C=N–C) groups is 1. The van der Waals surface area contributed by atoms with Crippen LogP contribution >= 0.6 is 0 Å². The lowest BCUT2D eigenvalue weighted by molar-refractivity contribution is -0.135. The number of nitrogens with zero attached hydrogens (tertiary/aromatic N) is 4. The van der Waals surface area contributed by atoms with Gasteiger partial charge in [0.1, 0.15) is 17.9 Å². The van der Waals surface area contributed by atoms with Crippen LogP contribution in [-0.2, 0) is 30.2 Å². The molecule has 6 heterocycles. The zero-order chi connectivity index (χ0) is 42.7. The molecule has 61 heavy (non-hydrogen) atoms. The van der Waals surface area contributed by atoms with Gasteiger partial charge in [0.15, 0.2) is 0 Å². The van der Waals surface area contributed by atoms with E-state index >= 15 is 0 Å². The summed E-state index contributed by atoms with van der Waals surface area (Å²) in [5.74, 6) is 0.301. The molecule has 6 atom stereocenters. The lowest BCUT2D eigenvalue weighted by atomic mass is 9.81. The molecular formula is C47H55N7O7. The number of carbonyl (C=O) groups excluding carboxylic acids is 4. The van der Waals surface area contributed by atoms with Crippen molar-refractivity contribution in [3.8, 4) is 22.3 Å². The summed E-state index contributed by atoms with van der Waals surface area (Å²) in [7, 11) is 2.61. The molecule has 3 saturated heterocycles. The van der Waals surface area contributed by atoms with Crippen LogP contribution in [0.25, 0.3) is 33.3 Å². The molecule has 3 aromatic carbocycles. The molecular weight excluding hydrogens is 775 g/mol. The van der Waals surface area contributed by atoms with Crippen molar-refractivity contribution in [3.05, 3.63) is 71.0 Å². The zero-order valence-corrected chi connectivity index (χ0v) is 35.7. The molecule has 5 aliphatic heterocycles. The van der Waals surface area contributed by atoms with Gasteiger partial charge in [0, 0.05) is 25.2 Å². The van der Waals surface area contributed by atoms with Crippen LogP contribution in [0.3, 0.4) is 0 Å². The first-order valence-electron chi connectivity index (χ1n) is 21.8.